The first kappa shape index (κ1) is 19.7. The summed E-state index contributed by atoms with van der Waals surface area (Å²) in [5.74, 6) is 0. The number of hydrogen-bond donors (Lipinski definition) is 2. The fourth-order valence-corrected chi connectivity index (χ4v) is 4.65. The van der Waals surface area contributed by atoms with E-state index in [1.54, 1.807) is 6.07 Å². The van der Waals surface area contributed by atoms with Crippen LogP contribution in [0, 0.1) is 0 Å². The summed E-state index contributed by atoms with van der Waals surface area (Å²) in [6, 6.07) is 40.0. The summed E-state index contributed by atoms with van der Waals surface area (Å²) in [5, 5.41) is 25.8. The van der Waals surface area contributed by atoms with E-state index in [0.717, 1.165) is 21.5 Å². The van der Waals surface area contributed by atoms with Gasteiger partial charge in [0.05, 0.1) is 0 Å². The SMILES string of the molecule is OB(O)c1ccc2c(ccc3cc(-c4ccc(-c5ccc6ccccc6c5)cc4)ccc32)c1. The lowest BCUT2D eigenvalue weighted by Crippen LogP contribution is -2.29. The van der Waals surface area contributed by atoms with Crippen LogP contribution in [0.1, 0.15) is 0 Å². The van der Waals surface area contributed by atoms with Crippen LogP contribution in [0.15, 0.2) is 115 Å². The first-order chi connectivity index (χ1) is 16.2. The van der Waals surface area contributed by atoms with Gasteiger partial charge in [0.15, 0.2) is 0 Å². The summed E-state index contributed by atoms with van der Waals surface area (Å²) in [5.41, 5.74) is 5.29. The molecule has 0 amide bonds. The van der Waals surface area contributed by atoms with Crippen LogP contribution in [-0.4, -0.2) is 17.2 Å². The Morgan fingerprint density at radius 2 is 0.879 bits per heavy atom. The van der Waals surface area contributed by atoms with E-state index in [9.17, 15) is 10.0 Å². The van der Waals surface area contributed by atoms with Crippen molar-refractivity contribution in [3.8, 4) is 22.3 Å². The summed E-state index contributed by atoms with van der Waals surface area (Å²) < 4.78 is 0. The topological polar surface area (TPSA) is 40.5 Å². The van der Waals surface area contributed by atoms with Gasteiger partial charge in [0.1, 0.15) is 0 Å². The second kappa shape index (κ2) is 7.89. The molecule has 0 unspecified atom stereocenters. The van der Waals surface area contributed by atoms with Crippen LogP contribution in [0.3, 0.4) is 0 Å². The van der Waals surface area contributed by atoms with Gasteiger partial charge in [-0.05, 0) is 72.2 Å². The van der Waals surface area contributed by atoms with Gasteiger partial charge in [-0.15, -0.1) is 0 Å². The van der Waals surface area contributed by atoms with E-state index in [2.05, 4.69) is 91.0 Å². The van der Waals surface area contributed by atoms with Crippen LogP contribution in [0.25, 0.3) is 54.6 Å². The fraction of sp³-hybridized carbons (Fsp3) is 0. The summed E-state index contributed by atoms with van der Waals surface area (Å²) >= 11 is 0. The third-order valence-electron chi connectivity index (χ3n) is 6.46. The monoisotopic (exact) mass is 424 g/mol. The quantitative estimate of drug-likeness (QED) is 0.264. The summed E-state index contributed by atoms with van der Waals surface area (Å²) in [4.78, 5) is 0. The largest absolute Gasteiger partial charge is 0.488 e. The van der Waals surface area contributed by atoms with Crippen LogP contribution in [0.2, 0.25) is 0 Å². The minimum absolute atomic E-state index is 0.505. The second-order valence-corrected chi connectivity index (χ2v) is 8.49. The van der Waals surface area contributed by atoms with Crippen molar-refractivity contribution >= 4 is 44.9 Å². The predicted octanol–water partition coefficient (Wildman–Crippen LogP) is 6.16. The van der Waals surface area contributed by atoms with E-state index in [1.807, 2.05) is 18.2 Å². The van der Waals surface area contributed by atoms with Crippen LogP contribution in [-0.2, 0) is 0 Å². The lowest BCUT2D eigenvalue weighted by molar-refractivity contribution is 0.426. The smallest absolute Gasteiger partial charge is 0.423 e. The van der Waals surface area contributed by atoms with Gasteiger partial charge in [-0.1, -0.05) is 103 Å². The highest BCUT2D eigenvalue weighted by Gasteiger charge is 2.12. The molecule has 0 spiro atoms. The molecule has 6 rings (SSSR count). The zero-order valence-corrected chi connectivity index (χ0v) is 17.9. The number of rotatable bonds is 3. The molecule has 0 aromatic heterocycles. The minimum Gasteiger partial charge on any atom is -0.423 e. The van der Waals surface area contributed by atoms with Crippen molar-refractivity contribution in [1.82, 2.24) is 0 Å². The van der Waals surface area contributed by atoms with E-state index < -0.39 is 7.12 Å². The highest BCUT2D eigenvalue weighted by Crippen LogP contribution is 2.31. The number of benzene rings is 6. The van der Waals surface area contributed by atoms with E-state index in [1.165, 1.54) is 33.0 Å². The Kier molecular flexibility index (Phi) is 4.72. The standard InChI is InChI=1S/C30H21BO2/c32-31(33)28-14-16-30-27(19-28)12-11-26-18-25(13-15-29(26)30)22-7-5-21(6-8-22)24-10-9-20-3-1-2-4-23(20)17-24/h1-19,32-33H. The van der Waals surface area contributed by atoms with Crippen molar-refractivity contribution in [2.75, 3.05) is 0 Å². The molecule has 33 heavy (non-hydrogen) atoms. The normalized spacial score (nSPS) is 11.3. The second-order valence-electron chi connectivity index (χ2n) is 8.49. The predicted molar refractivity (Wildman–Crippen MR) is 140 cm³/mol. The van der Waals surface area contributed by atoms with E-state index in [0.29, 0.717) is 5.46 Å². The Labute approximate surface area is 192 Å². The molecule has 0 aliphatic heterocycles. The molecule has 0 heterocycles. The van der Waals surface area contributed by atoms with Crippen molar-refractivity contribution in [3.63, 3.8) is 0 Å². The zero-order chi connectivity index (χ0) is 22.4. The van der Waals surface area contributed by atoms with Gasteiger partial charge in [0, 0.05) is 0 Å². The van der Waals surface area contributed by atoms with Crippen LogP contribution >= 0.6 is 0 Å². The third kappa shape index (κ3) is 3.58. The van der Waals surface area contributed by atoms with Crippen molar-refractivity contribution < 1.29 is 10.0 Å². The zero-order valence-electron chi connectivity index (χ0n) is 17.9. The lowest BCUT2D eigenvalue weighted by atomic mass is 9.79. The molecule has 0 bridgehead atoms. The molecule has 0 radical (unpaired) electrons. The van der Waals surface area contributed by atoms with E-state index >= 15 is 0 Å². The molecule has 2 nitrogen and oxygen atoms in total. The average Bonchev–Trinajstić information content (AvgIpc) is 2.87. The maximum Gasteiger partial charge on any atom is 0.488 e. The van der Waals surface area contributed by atoms with Crippen LogP contribution in [0.4, 0.5) is 0 Å². The van der Waals surface area contributed by atoms with Gasteiger partial charge >= 0.3 is 7.12 Å². The van der Waals surface area contributed by atoms with Gasteiger partial charge in [0.25, 0.3) is 0 Å². The molecule has 0 saturated carbocycles. The van der Waals surface area contributed by atoms with Crippen LogP contribution in [0.5, 0.6) is 0 Å². The van der Waals surface area contributed by atoms with Gasteiger partial charge in [-0.25, -0.2) is 0 Å². The fourth-order valence-electron chi connectivity index (χ4n) is 4.65. The molecule has 156 valence electrons. The Morgan fingerprint density at radius 1 is 0.394 bits per heavy atom. The van der Waals surface area contributed by atoms with Gasteiger partial charge in [-0.3, -0.25) is 0 Å². The molecular formula is C30H21BO2. The van der Waals surface area contributed by atoms with E-state index in [-0.39, 0.29) is 0 Å². The molecule has 0 atom stereocenters. The Morgan fingerprint density at radius 3 is 1.55 bits per heavy atom. The Hall–Kier alpha value is -3.92. The lowest BCUT2D eigenvalue weighted by Gasteiger charge is -2.10. The highest BCUT2D eigenvalue weighted by molar-refractivity contribution is 6.59. The first-order valence-electron chi connectivity index (χ1n) is 11.1. The molecule has 0 saturated heterocycles. The Bertz CT molecular complexity index is 1640. The van der Waals surface area contributed by atoms with Crippen molar-refractivity contribution in [3.05, 3.63) is 115 Å². The molecule has 0 aliphatic carbocycles. The summed E-state index contributed by atoms with van der Waals surface area (Å²) in [6.45, 7) is 0. The van der Waals surface area contributed by atoms with Gasteiger partial charge in [0.2, 0.25) is 0 Å². The van der Waals surface area contributed by atoms with Crippen molar-refractivity contribution in [2.45, 2.75) is 0 Å². The minimum atomic E-state index is -1.45. The van der Waals surface area contributed by atoms with Gasteiger partial charge in [-0.2, -0.15) is 0 Å². The van der Waals surface area contributed by atoms with E-state index in [4.69, 9.17) is 0 Å². The summed E-state index contributed by atoms with van der Waals surface area (Å²) in [7, 11) is -1.45. The number of fused-ring (bicyclic) bond motifs is 4. The van der Waals surface area contributed by atoms with Gasteiger partial charge < -0.3 is 10.0 Å². The maximum absolute atomic E-state index is 9.45. The molecule has 0 aliphatic rings. The first-order valence-corrected chi connectivity index (χ1v) is 11.1. The average molecular weight is 424 g/mol. The third-order valence-corrected chi connectivity index (χ3v) is 6.46. The maximum atomic E-state index is 9.45. The molecular weight excluding hydrogens is 403 g/mol. The van der Waals surface area contributed by atoms with Crippen molar-refractivity contribution in [1.29, 1.82) is 0 Å². The summed E-state index contributed by atoms with van der Waals surface area (Å²) in [6.07, 6.45) is 0. The number of hydrogen-bond acceptors (Lipinski definition) is 2. The molecule has 0 fully saturated rings. The highest BCUT2D eigenvalue weighted by atomic mass is 16.4. The van der Waals surface area contributed by atoms with Crippen LogP contribution < -0.4 is 5.46 Å². The van der Waals surface area contributed by atoms with Crippen molar-refractivity contribution in [2.24, 2.45) is 0 Å². The molecule has 3 heteroatoms. The molecule has 6 aromatic rings. The Balaban J connectivity index is 1.36. The molecule has 2 N–H and O–H groups in total. The molecule has 6 aromatic carbocycles.